The largest absolute Gasteiger partial charge is 0.393 e. The molecule has 3 unspecified atom stereocenters. The fourth-order valence-corrected chi connectivity index (χ4v) is 3.13. The minimum atomic E-state index is -0.371. The lowest BCUT2D eigenvalue weighted by atomic mass is 10.1. The van der Waals surface area contributed by atoms with Crippen LogP contribution in [0, 0.1) is 5.92 Å². The molecule has 1 heterocycles. The standard InChI is InChI=1S/C18H24N4O3/c1-12(16-20-17(25-21-16)13-7-4-3-5-8-13)19-18(24)22(2)11-14-9-6-10-15(14)23/h3-5,7-8,12,14-15,23H,6,9-11H2,1-2H3,(H,19,24). The summed E-state index contributed by atoms with van der Waals surface area (Å²) < 4.78 is 5.28. The number of hydrogen-bond acceptors (Lipinski definition) is 5. The molecule has 2 aromatic rings. The van der Waals surface area contributed by atoms with Crippen LogP contribution in [0.5, 0.6) is 0 Å². The van der Waals surface area contributed by atoms with E-state index in [0.29, 0.717) is 18.3 Å². The van der Waals surface area contributed by atoms with Crippen molar-refractivity contribution in [3.05, 3.63) is 36.2 Å². The van der Waals surface area contributed by atoms with Gasteiger partial charge in [-0.05, 0) is 31.9 Å². The topological polar surface area (TPSA) is 91.5 Å². The van der Waals surface area contributed by atoms with Crippen LogP contribution in [0.1, 0.15) is 38.1 Å². The highest BCUT2D eigenvalue weighted by atomic mass is 16.5. The first kappa shape index (κ1) is 17.4. The number of nitrogens with one attached hydrogen (secondary N) is 1. The summed E-state index contributed by atoms with van der Waals surface area (Å²) in [5.41, 5.74) is 0.840. The quantitative estimate of drug-likeness (QED) is 0.870. The molecule has 7 nitrogen and oxygen atoms in total. The number of amides is 2. The maximum Gasteiger partial charge on any atom is 0.317 e. The number of aliphatic hydroxyl groups excluding tert-OH is 1. The predicted octanol–water partition coefficient (Wildman–Crippen LogP) is 2.60. The molecule has 0 radical (unpaired) electrons. The maximum atomic E-state index is 12.3. The third kappa shape index (κ3) is 4.17. The molecular weight excluding hydrogens is 320 g/mol. The second kappa shape index (κ2) is 7.65. The number of aromatic nitrogens is 2. The molecule has 0 spiro atoms. The van der Waals surface area contributed by atoms with Gasteiger partial charge in [0.25, 0.3) is 5.89 Å². The van der Waals surface area contributed by atoms with Gasteiger partial charge in [-0.15, -0.1) is 0 Å². The Bertz CT molecular complexity index is 703. The van der Waals surface area contributed by atoms with E-state index < -0.39 is 0 Å². The molecule has 1 aliphatic rings. The van der Waals surface area contributed by atoms with E-state index in [2.05, 4.69) is 15.5 Å². The lowest BCUT2D eigenvalue weighted by Gasteiger charge is -2.24. The van der Waals surface area contributed by atoms with Crippen LogP contribution in [-0.2, 0) is 0 Å². The molecule has 0 bridgehead atoms. The van der Waals surface area contributed by atoms with Crippen molar-refractivity contribution in [2.24, 2.45) is 5.92 Å². The Balaban J connectivity index is 1.57. The van der Waals surface area contributed by atoms with E-state index in [1.165, 1.54) is 0 Å². The Kier molecular flexibility index (Phi) is 5.33. The Morgan fingerprint density at radius 2 is 2.16 bits per heavy atom. The van der Waals surface area contributed by atoms with Crippen molar-refractivity contribution in [1.82, 2.24) is 20.4 Å². The molecule has 0 aliphatic heterocycles. The second-order valence-electron chi connectivity index (χ2n) is 6.63. The van der Waals surface area contributed by atoms with Gasteiger partial charge in [0.1, 0.15) is 0 Å². The smallest absolute Gasteiger partial charge is 0.317 e. The summed E-state index contributed by atoms with van der Waals surface area (Å²) in [5, 5.41) is 16.7. The maximum absolute atomic E-state index is 12.3. The first-order chi connectivity index (χ1) is 12.0. The van der Waals surface area contributed by atoms with E-state index in [1.54, 1.807) is 11.9 Å². The van der Waals surface area contributed by atoms with Gasteiger partial charge in [0.2, 0.25) is 0 Å². The summed E-state index contributed by atoms with van der Waals surface area (Å²) in [6.45, 7) is 2.36. The number of aliphatic hydroxyl groups is 1. The molecule has 2 amide bonds. The van der Waals surface area contributed by atoms with Crippen LogP contribution in [-0.4, -0.2) is 45.9 Å². The third-order valence-corrected chi connectivity index (χ3v) is 4.66. The number of nitrogens with zero attached hydrogens (tertiary/aromatic N) is 3. The number of carbonyl (C=O) groups excluding carboxylic acids is 1. The van der Waals surface area contributed by atoms with Gasteiger partial charge >= 0.3 is 6.03 Å². The minimum absolute atomic E-state index is 0.154. The van der Waals surface area contributed by atoms with Gasteiger partial charge in [0, 0.05) is 25.1 Å². The Labute approximate surface area is 147 Å². The van der Waals surface area contributed by atoms with E-state index in [1.807, 2.05) is 37.3 Å². The second-order valence-corrected chi connectivity index (χ2v) is 6.63. The summed E-state index contributed by atoms with van der Waals surface area (Å²) in [6.07, 6.45) is 2.49. The van der Waals surface area contributed by atoms with Crippen LogP contribution >= 0.6 is 0 Å². The molecule has 7 heteroatoms. The van der Waals surface area contributed by atoms with Crippen molar-refractivity contribution in [1.29, 1.82) is 0 Å². The van der Waals surface area contributed by atoms with Gasteiger partial charge in [-0.1, -0.05) is 29.8 Å². The molecule has 25 heavy (non-hydrogen) atoms. The van der Waals surface area contributed by atoms with Crippen LogP contribution in [0.4, 0.5) is 4.79 Å². The molecule has 3 rings (SSSR count). The zero-order valence-electron chi connectivity index (χ0n) is 14.6. The number of carbonyl (C=O) groups is 1. The number of urea groups is 1. The van der Waals surface area contributed by atoms with Crippen molar-refractivity contribution in [3.8, 4) is 11.5 Å². The molecule has 2 N–H and O–H groups in total. The zero-order chi connectivity index (χ0) is 17.8. The monoisotopic (exact) mass is 344 g/mol. The van der Waals surface area contributed by atoms with Crippen LogP contribution < -0.4 is 5.32 Å². The normalized spacial score (nSPS) is 21.1. The van der Waals surface area contributed by atoms with Gasteiger partial charge < -0.3 is 19.8 Å². The molecule has 1 aromatic carbocycles. The highest BCUT2D eigenvalue weighted by Gasteiger charge is 2.28. The predicted molar refractivity (Wildman–Crippen MR) is 92.7 cm³/mol. The van der Waals surface area contributed by atoms with Crippen LogP contribution in [0.25, 0.3) is 11.5 Å². The summed E-state index contributed by atoms with van der Waals surface area (Å²) in [5.74, 6) is 1.02. The lowest BCUT2D eigenvalue weighted by molar-refractivity contribution is 0.113. The number of rotatable bonds is 5. The average Bonchev–Trinajstić information content (AvgIpc) is 3.25. The highest BCUT2D eigenvalue weighted by molar-refractivity contribution is 5.74. The van der Waals surface area contributed by atoms with Crippen LogP contribution in [0.3, 0.4) is 0 Å². The summed E-state index contributed by atoms with van der Waals surface area (Å²) in [7, 11) is 1.73. The first-order valence-corrected chi connectivity index (χ1v) is 8.63. The summed E-state index contributed by atoms with van der Waals surface area (Å²) in [4.78, 5) is 18.3. The molecule has 1 fully saturated rings. The highest BCUT2D eigenvalue weighted by Crippen LogP contribution is 2.26. The summed E-state index contributed by atoms with van der Waals surface area (Å²) >= 11 is 0. The van der Waals surface area contributed by atoms with E-state index in [-0.39, 0.29) is 24.1 Å². The van der Waals surface area contributed by atoms with E-state index in [4.69, 9.17) is 4.52 Å². The summed E-state index contributed by atoms with van der Waals surface area (Å²) in [6, 6.07) is 8.92. The van der Waals surface area contributed by atoms with Gasteiger partial charge in [-0.2, -0.15) is 4.98 Å². The van der Waals surface area contributed by atoms with Crippen LogP contribution in [0.15, 0.2) is 34.9 Å². The van der Waals surface area contributed by atoms with Crippen LogP contribution in [0.2, 0.25) is 0 Å². The van der Waals surface area contributed by atoms with Gasteiger partial charge in [-0.25, -0.2) is 4.79 Å². The fraction of sp³-hybridized carbons (Fsp3) is 0.500. The molecule has 1 saturated carbocycles. The van der Waals surface area contributed by atoms with Crippen molar-refractivity contribution in [2.45, 2.75) is 38.3 Å². The fourth-order valence-electron chi connectivity index (χ4n) is 3.13. The first-order valence-electron chi connectivity index (χ1n) is 8.63. The molecule has 134 valence electrons. The zero-order valence-corrected chi connectivity index (χ0v) is 14.6. The number of benzene rings is 1. The third-order valence-electron chi connectivity index (χ3n) is 4.66. The number of hydrogen-bond donors (Lipinski definition) is 2. The van der Waals surface area contributed by atoms with Crippen molar-refractivity contribution < 1.29 is 14.4 Å². The van der Waals surface area contributed by atoms with Crippen molar-refractivity contribution in [3.63, 3.8) is 0 Å². The minimum Gasteiger partial charge on any atom is -0.393 e. The Morgan fingerprint density at radius 1 is 1.40 bits per heavy atom. The molecular formula is C18H24N4O3. The van der Waals surface area contributed by atoms with E-state index in [0.717, 1.165) is 24.8 Å². The van der Waals surface area contributed by atoms with Gasteiger partial charge in [0.15, 0.2) is 5.82 Å². The van der Waals surface area contributed by atoms with E-state index in [9.17, 15) is 9.90 Å². The van der Waals surface area contributed by atoms with E-state index >= 15 is 0 Å². The molecule has 1 aliphatic carbocycles. The Morgan fingerprint density at radius 3 is 2.84 bits per heavy atom. The van der Waals surface area contributed by atoms with Crippen molar-refractivity contribution in [2.75, 3.05) is 13.6 Å². The van der Waals surface area contributed by atoms with Gasteiger partial charge in [-0.3, -0.25) is 0 Å². The lowest BCUT2D eigenvalue weighted by Crippen LogP contribution is -2.42. The molecule has 0 saturated heterocycles. The SMILES string of the molecule is CC(NC(=O)N(C)CC1CCCC1O)c1noc(-c2ccccc2)n1. The molecule has 3 atom stereocenters. The van der Waals surface area contributed by atoms with Crippen molar-refractivity contribution >= 4 is 6.03 Å². The van der Waals surface area contributed by atoms with Gasteiger partial charge in [0.05, 0.1) is 12.1 Å². The average molecular weight is 344 g/mol. The Hall–Kier alpha value is -2.41. The molecule has 1 aromatic heterocycles.